The molecule has 0 aliphatic carbocycles. The van der Waals surface area contributed by atoms with Gasteiger partial charge in [0.2, 0.25) is 0 Å². The minimum atomic E-state index is -4.86. The Morgan fingerprint density at radius 3 is 2.42 bits per heavy atom. The topological polar surface area (TPSA) is 0 Å². The van der Waals surface area contributed by atoms with E-state index in [0.717, 1.165) is 12.1 Å². The fourth-order valence-corrected chi connectivity index (χ4v) is 1.09. The summed E-state index contributed by atoms with van der Waals surface area (Å²) < 4.78 is 36.4. The largest absolute Gasteiger partial charge is 0.509 e. The normalized spacial score (nSPS) is 11.7. The molecule has 0 heterocycles. The third kappa shape index (κ3) is 2.20. The van der Waals surface area contributed by atoms with Gasteiger partial charge in [0, 0.05) is 5.75 Å². The summed E-state index contributed by atoms with van der Waals surface area (Å²) in [7, 11) is 0. The van der Waals surface area contributed by atoms with Crippen molar-refractivity contribution in [3.05, 3.63) is 29.8 Å². The molecule has 5 heteroatoms. The number of benzene rings is 1. The van der Waals surface area contributed by atoms with E-state index in [0.29, 0.717) is 11.3 Å². The lowest BCUT2D eigenvalue weighted by Crippen LogP contribution is -2.33. The molecule has 0 atom stereocenters. The predicted molar refractivity (Wildman–Crippen MR) is 47.8 cm³/mol. The van der Waals surface area contributed by atoms with Crippen molar-refractivity contribution in [3.63, 3.8) is 0 Å². The first kappa shape index (κ1) is 9.51. The Morgan fingerprint density at radius 2 is 1.92 bits per heavy atom. The van der Waals surface area contributed by atoms with Crippen LogP contribution >= 0.6 is 12.6 Å². The summed E-state index contributed by atoms with van der Waals surface area (Å²) >= 11 is 3.89. The summed E-state index contributed by atoms with van der Waals surface area (Å²) in [6, 6.07) is 5.23. The Morgan fingerprint density at radius 1 is 1.25 bits per heavy atom. The first-order valence-electron chi connectivity index (χ1n) is 3.43. The molecule has 0 amide bonds. The number of hydrogen-bond acceptors (Lipinski definition) is 1. The molecule has 0 aliphatic heterocycles. The zero-order valence-electron chi connectivity index (χ0n) is 6.17. The number of hydrogen-bond donors (Lipinski definition) is 1. The standard InChI is InChI=1S/C7H7BF3S/c9-8(10,11)7-3-1-2-6(4-7)5-12/h1-4,12H,5H2/q-1. The fourth-order valence-electron chi connectivity index (χ4n) is 0.895. The van der Waals surface area contributed by atoms with Gasteiger partial charge in [0.05, 0.1) is 0 Å². The van der Waals surface area contributed by atoms with Crippen molar-refractivity contribution < 1.29 is 12.9 Å². The molecule has 1 aromatic rings. The van der Waals surface area contributed by atoms with Crippen molar-refractivity contribution in [1.29, 1.82) is 0 Å². The fraction of sp³-hybridized carbons (Fsp3) is 0.143. The number of rotatable bonds is 2. The van der Waals surface area contributed by atoms with Crippen molar-refractivity contribution in [2.24, 2.45) is 0 Å². The molecule has 0 aliphatic rings. The van der Waals surface area contributed by atoms with E-state index in [1.54, 1.807) is 6.07 Å². The van der Waals surface area contributed by atoms with Crippen LogP contribution in [-0.4, -0.2) is 6.98 Å². The van der Waals surface area contributed by atoms with E-state index in [1.165, 1.54) is 6.07 Å². The Labute approximate surface area is 74.3 Å². The third-order valence-corrected chi connectivity index (χ3v) is 1.88. The van der Waals surface area contributed by atoms with E-state index < -0.39 is 12.4 Å². The van der Waals surface area contributed by atoms with Crippen LogP contribution in [0.1, 0.15) is 5.56 Å². The van der Waals surface area contributed by atoms with E-state index >= 15 is 0 Å². The highest BCUT2D eigenvalue weighted by molar-refractivity contribution is 7.79. The second-order valence-electron chi connectivity index (χ2n) is 2.48. The Kier molecular flexibility index (Phi) is 2.72. The van der Waals surface area contributed by atoms with Crippen LogP contribution in [0.5, 0.6) is 0 Å². The SMILES string of the molecule is F[B-](F)(F)c1cccc(CS)c1. The van der Waals surface area contributed by atoms with E-state index in [4.69, 9.17) is 0 Å². The minimum Gasteiger partial charge on any atom is -0.445 e. The van der Waals surface area contributed by atoms with Gasteiger partial charge in [0.1, 0.15) is 0 Å². The molecule has 66 valence electrons. The summed E-state index contributed by atoms with van der Waals surface area (Å²) in [6.07, 6.45) is 0. The van der Waals surface area contributed by atoms with Crippen LogP contribution in [0.2, 0.25) is 0 Å². The van der Waals surface area contributed by atoms with Crippen LogP contribution in [0.25, 0.3) is 0 Å². The van der Waals surface area contributed by atoms with Crippen molar-refractivity contribution in [2.75, 3.05) is 0 Å². The van der Waals surface area contributed by atoms with Gasteiger partial charge in [-0.05, 0) is 5.56 Å². The summed E-state index contributed by atoms with van der Waals surface area (Å²) in [5.74, 6) is 0.333. The van der Waals surface area contributed by atoms with Crippen LogP contribution in [0.15, 0.2) is 24.3 Å². The van der Waals surface area contributed by atoms with Gasteiger partial charge in [0.25, 0.3) is 0 Å². The van der Waals surface area contributed by atoms with E-state index in [9.17, 15) is 12.9 Å². The molecule has 0 fully saturated rings. The Bertz CT molecular complexity index is 272. The van der Waals surface area contributed by atoms with Crippen molar-refractivity contribution in [2.45, 2.75) is 5.75 Å². The lowest BCUT2D eigenvalue weighted by Gasteiger charge is -2.15. The monoisotopic (exact) mass is 191 g/mol. The van der Waals surface area contributed by atoms with E-state index in [2.05, 4.69) is 12.6 Å². The summed E-state index contributed by atoms with van der Waals surface area (Å²) in [6.45, 7) is -4.86. The molecule has 1 aromatic carbocycles. The lowest BCUT2D eigenvalue weighted by molar-refractivity contribution is 0.501. The van der Waals surface area contributed by atoms with Crippen molar-refractivity contribution in [3.8, 4) is 0 Å². The molecule has 0 aromatic heterocycles. The number of thiol groups is 1. The first-order chi connectivity index (χ1) is 5.54. The molecular weight excluding hydrogens is 184 g/mol. The molecule has 0 radical (unpaired) electrons. The zero-order valence-corrected chi connectivity index (χ0v) is 7.07. The van der Waals surface area contributed by atoms with Gasteiger partial charge >= 0.3 is 6.98 Å². The van der Waals surface area contributed by atoms with Gasteiger partial charge in [-0.25, -0.2) is 0 Å². The number of halogens is 3. The first-order valence-corrected chi connectivity index (χ1v) is 4.07. The highest BCUT2D eigenvalue weighted by Gasteiger charge is 2.24. The molecule has 0 bridgehead atoms. The Hall–Kier alpha value is -0.575. The van der Waals surface area contributed by atoms with Gasteiger partial charge in [-0.2, -0.15) is 12.6 Å². The van der Waals surface area contributed by atoms with Crippen molar-refractivity contribution >= 4 is 25.1 Å². The molecule has 0 saturated carbocycles. The average molecular weight is 191 g/mol. The van der Waals surface area contributed by atoms with Gasteiger partial charge in [-0.3, -0.25) is 0 Å². The second kappa shape index (κ2) is 3.43. The molecular formula is C7H7BF3S-. The van der Waals surface area contributed by atoms with Crippen LogP contribution in [0.4, 0.5) is 12.9 Å². The molecule has 0 N–H and O–H groups in total. The predicted octanol–water partition coefficient (Wildman–Crippen LogP) is 2.17. The summed E-state index contributed by atoms with van der Waals surface area (Å²) in [4.78, 5) is 0. The summed E-state index contributed by atoms with van der Waals surface area (Å²) in [5.41, 5.74) is 0.0385. The molecule has 0 spiro atoms. The Balaban J connectivity index is 3.02. The van der Waals surface area contributed by atoms with Crippen LogP contribution < -0.4 is 5.46 Å². The second-order valence-corrected chi connectivity index (χ2v) is 2.79. The van der Waals surface area contributed by atoms with Crippen LogP contribution in [0, 0.1) is 0 Å². The zero-order chi connectivity index (χ0) is 9.19. The van der Waals surface area contributed by atoms with Gasteiger partial charge in [0.15, 0.2) is 0 Å². The lowest BCUT2D eigenvalue weighted by atomic mass is 9.79. The maximum Gasteiger partial charge on any atom is 0.509 e. The van der Waals surface area contributed by atoms with Gasteiger partial charge in [-0.1, -0.05) is 24.3 Å². The highest BCUT2D eigenvalue weighted by atomic mass is 32.1. The smallest absolute Gasteiger partial charge is 0.445 e. The van der Waals surface area contributed by atoms with E-state index in [-0.39, 0.29) is 0 Å². The molecule has 0 saturated heterocycles. The van der Waals surface area contributed by atoms with Gasteiger partial charge in [-0.15, -0.1) is 5.46 Å². The quantitative estimate of drug-likeness (QED) is 0.537. The molecule has 12 heavy (non-hydrogen) atoms. The maximum absolute atomic E-state index is 12.1. The van der Waals surface area contributed by atoms with Crippen LogP contribution in [0.3, 0.4) is 0 Å². The maximum atomic E-state index is 12.1. The summed E-state index contributed by atoms with van der Waals surface area (Å²) in [5, 5.41) is 0. The highest BCUT2D eigenvalue weighted by Crippen LogP contribution is 2.10. The minimum absolute atomic E-state index is 0.333. The molecule has 0 nitrogen and oxygen atoms in total. The van der Waals surface area contributed by atoms with Crippen molar-refractivity contribution in [1.82, 2.24) is 0 Å². The van der Waals surface area contributed by atoms with Crippen LogP contribution in [-0.2, 0) is 5.75 Å². The van der Waals surface area contributed by atoms with Gasteiger partial charge < -0.3 is 12.9 Å². The van der Waals surface area contributed by atoms with E-state index in [1.807, 2.05) is 0 Å². The molecule has 1 rings (SSSR count). The molecule has 0 unspecified atom stereocenters. The average Bonchev–Trinajstić information content (AvgIpc) is 2.03. The third-order valence-electron chi connectivity index (χ3n) is 1.51.